The molecule has 8 heteroatoms. The van der Waals surface area contributed by atoms with Crippen LogP contribution < -0.4 is 0 Å². The van der Waals surface area contributed by atoms with Crippen molar-refractivity contribution in [3.05, 3.63) is 70.6 Å². The third-order valence-corrected chi connectivity index (χ3v) is 6.05. The Morgan fingerprint density at radius 3 is 2.53 bits per heavy atom. The maximum Gasteiger partial charge on any atom is 0.266 e. The second-order valence-electron chi connectivity index (χ2n) is 6.88. The number of aliphatic hydroxyl groups excluding tert-OH is 1. The second kappa shape index (κ2) is 9.88. The number of nitrogens with zero attached hydrogens (tertiary/aromatic N) is 2. The third kappa shape index (κ3) is 5.47. The predicted octanol–water partition coefficient (Wildman–Crippen LogP) is 3.18. The summed E-state index contributed by atoms with van der Waals surface area (Å²) in [6.45, 7) is 0.297. The van der Waals surface area contributed by atoms with Gasteiger partial charge in [0.2, 0.25) is 5.91 Å². The van der Waals surface area contributed by atoms with Crippen molar-refractivity contribution >= 4 is 46.2 Å². The van der Waals surface area contributed by atoms with Crippen molar-refractivity contribution in [2.24, 2.45) is 0 Å². The van der Waals surface area contributed by atoms with E-state index in [1.165, 1.54) is 33.7 Å². The summed E-state index contributed by atoms with van der Waals surface area (Å²) >= 11 is 6.54. The second-order valence-corrected chi connectivity index (χ2v) is 8.55. The molecule has 2 aromatic rings. The first-order chi connectivity index (χ1) is 14.3. The minimum Gasteiger partial charge on any atom is -0.508 e. The van der Waals surface area contributed by atoms with Crippen LogP contribution in [0.3, 0.4) is 0 Å². The Morgan fingerprint density at radius 2 is 1.87 bits per heavy atom. The zero-order valence-corrected chi connectivity index (χ0v) is 18.0. The molecule has 2 aromatic carbocycles. The molecule has 0 aromatic heterocycles. The Hall–Kier alpha value is -2.68. The number of rotatable bonds is 7. The highest BCUT2D eigenvalue weighted by Gasteiger charge is 2.32. The molecule has 1 unspecified atom stereocenters. The van der Waals surface area contributed by atoms with Crippen molar-refractivity contribution in [2.45, 2.75) is 12.5 Å². The normalized spacial score (nSPS) is 16.2. The molecule has 0 radical (unpaired) electrons. The van der Waals surface area contributed by atoms with Crippen LogP contribution in [0.25, 0.3) is 6.08 Å². The summed E-state index contributed by atoms with van der Waals surface area (Å²) in [7, 11) is 1.60. The van der Waals surface area contributed by atoms with E-state index in [-0.39, 0.29) is 37.1 Å². The maximum atomic E-state index is 12.7. The Balaban J connectivity index is 1.54. The molecule has 3 rings (SSSR count). The van der Waals surface area contributed by atoms with E-state index in [1.807, 2.05) is 30.3 Å². The molecule has 0 spiro atoms. The van der Waals surface area contributed by atoms with Crippen LogP contribution in [-0.4, -0.2) is 56.3 Å². The molecular weight excluding hydrogens is 420 g/mol. The lowest BCUT2D eigenvalue weighted by molar-refractivity contribution is -0.131. The lowest BCUT2D eigenvalue weighted by atomic mass is 10.1. The van der Waals surface area contributed by atoms with Crippen LogP contribution in [0.15, 0.2) is 59.5 Å². The Morgan fingerprint density at radius 1 is 1.20 bits per heavy atom. The Bertz CT molecular complexity index is 961. The fourth-order valence-electron chi connectivity index (χ4n) is 2.95. The van der Waals surface area contributed by atoms with Crippen LogP contribution in [0, 0.1) is 0 Å². The largest absolute Gasteiger partial charge is 0.508 e. The van der Waals surface area contributed by atoms with Gasteiger partial charge in [-0.05, 0) is 29.3 Å². The number of carbonyl (C=O) groups is 2. The number of aromatic hydroxyl groups is 1. The zero-order valence-electron chi connectivity index (χ0n) is 16.4. The van der Waals surface area contributed by atoms with Gasteiger partial charge in [0.25, 0.3) is 5.91 Å². The van der Waals surface area contributed by atoms with Gasteiger partial charge in [-0.2, -0.15) is 0 Å². The van der Waals surface area contributed by atoms with Gasteiger partial charge < -0.3 is 15.1 Å². The van der Waals surface area contributed by atoms with E-state index in [9.17, 15) is 19.8 Å². The summed E-state index contributed by atoms with van der Waals surface area (Å²) in [6.07, 6.45) is 1.02. The third-order valence-electron chi connectivity index (χ3n) is 4.67. The minimum atomic E-state index is -0.870. The Kier molecular flexibility index (Phi) is 7.25. The number of amides is 2. The monoisotopic (exact) mass is 442 g/mol. The van der Waals surface area contributed by atoms with Crippen LogP contribution in [0.5, 0.6) is 5.75 Å². The average molecular weight is 443 g/mol. The van der Waals surface area contributed by atoms with E-state index in [1.54, 1.807) is 25.3 Å². The molecule has 1 aliphatic rings. The van der Waals surface area contributed by atoms with Crippen LogP contribution in [-0.2, 0) is 9.59 Å². The van der Waals surface area contributed by atoms with Crippen molar-refractivity contribution < 1.29 is 19.8 Å². The SMILES string of the molecule is CN(CC(O)c1ccc(O)cc1)C(=O)CCN1C(=O)/C(=C\c2ccccc2)SC1=S. The number of likely N-dealkylation sites (N-methyl/N-ethyl adjacent to an activating group) is 1. The lowest BCUT2D eigenvalue weighted by Gasteiger charge is -2.22. The lowest BCUT2D eigenvalue weighted by Crippen LogP contribution is -2.36. The van der Waals surface area contributed by atoms with Gasteiger partial charge in [-0.3, -0.25) is 14.5 Å². The molecule has 30 heavy (non-hydrogen) atoms. The molecule has 1 saturated heterocycles. The van der Waals surface area contributed by atoms with Crippen molar-refractivity contribution in [3.63, 3.8) is 0 Å². The molecule has 1 atom stereocenters. The smallest absolute Gasteiger partial charge is 0.266 e. The average Bonchev–Trinajstić information content (AvgIpc) is 2.99. The molecule has 0 aliphatic carbocycles. The first-order valence-electron chi connectivity index (χ1n) is 9.36. The van der Waals surface area contributed by atoms with E-state index in [4.69, 9.17) is 12.2 Å². The van der Waals surface area contributed by atoms with Crippen molar-refractivity contribution in [3.8, 4) is 5.75 Å². The number of thiocarbonyl (C=S) groups is 1. The first-order valence-corrected chi connectivity index (χ1v) is 10.6. The number of carbonyl (C=O) groups excluding carboxylic acids is 2. The summed E-state index contributed by atoms with van der Waals surface area (Å²) in [5.74, 6) is -0.289. The van der Waals surface area contributed by atoms with E-state index in [2.05, 4.69) is 0 Å². The summed E-state index contributed by atoms with van der Waals surface area (Å²) in [4.78, 5) is 28.5. The first kappa shape index (κ1) is 22.0. The van der Waals surface area contributed by atoms with Crippen molar-refractivity contribution in [1.29, 1.82) is 0 Å². The fourth-order valence-corrected chi connectivity index (χ4v) is 4.26. The van der Waals surface area contributed by atoms with E-state index >= 15 is 0 Å². The predicted molar refractivity (Wildman–Crippen MR) is 122 cm³/mol. The number of hydrogen-bond donors (Lipinski definition) is 2. The van der Waals surface area contributed by atoms with Gasteiger partial charge in [-0.1, -0.05) is 66.4 Å². The minimum absolute atomic E-state index is 0.101. The summed E-state index contributed by atoms with van der Waals surface area (Å²) in [5, 5.41) is 19.6. The molecule has 0 bridgehead atoms. The van der Waals surface area contributed by atoms with Gasteiger partial charge in [0.1, 0.15) is 10.1 Å². The molecule has 1 aliphatic heterocycles. The molecule has 156 valence electrons. The number of benzene rings is 2. The molecule has 6 nitrogen and oxygen atoms in total. The van der Waals surface area contributed by atoms with Crippen molar-refractivity contribution in [1.82, 2.24) is 9.80 Å². The van der Waals surface area contributed by atoms with E-state index in [0.717, 1.165) is 5.56 Å². The van der Waals surface area contributed by atoms with Gasteiger partial charge >= 0.3 is 0 Å². The van der Waals surface area contributed by atoms with Gasteiger partial charge in [-0.15, -0.1) is 0 Å². The molecular formula is C22H22N2O4S2. The van der Waals surface area contributed by atoms with E-state index < -0.39 is 6.10 Å². The molecule has 1 heterocycles. The number of thioether (sulfide) groups is 1. The van der Waals surface area contributed by atoms with Crippen LogP contribution in [0.2, 0.25) is 0 Å². The quantitative estimate of drug-likeness (QED) is 0.506. The maximum absolute atomic E-state index is 12.7. The fraction of sp³-hybridized carbons (Fsp3) is 0.227. The highest BCUT2D eigenvalue weighted by atomic mass is 32.2. The molecule has 2 amide bonds. The molecule has 2 N–H and O–H groups in total. The van der Waals surface area contributed by atoms with Crippen LogP contribution >= 0.6 is 24.0 Å². The van der Waals surface area contributed by atoms with Gasteiger partial charge in [0, 0.05) is 20.0 Å². The standard InChI is InChI=1S/C22H22N2O4S2/c1-23(14-18(26)16-7-9-17(25)10-8-16)20(27)11-12-24-21(28)19(30-22(24)29)13-15-5-3-2-4-6-15/h2-10,13,18,25-26H,11-12,14H2,1H3/b19-13+. The summed E-state index contributed by atoms with van der Waals surface area (Å²) in [5.41, 5.74) is 1.52. The molecule has 1 fully saturated rings. The molecule has 0 saturated carbocycles. The summed E-state index contributed by atoms with van der Waals surface area (Å²) in [6, 6.07) is 15.7. The Labute approximate surface area is 184 Å². The van der Waals surface area contributed by atoms with Crippen LogP contribution in [0.1, 0.15) is 23.7 Å². The topological polar surface area (TPSA) is 81.1 Å². The summed E-state index contributed by atoms with van der Waals surface area (Å²) < 4.78 is 0.432. The number of phenolic OH excluding ortho intramolecular Hbond substituents is 1. The van der Waals surface area contributed by atoms with Crippen LogP contribution in [0.4, 0.5) is 0 Å². The van der Waals surface area contributed by atoms with Gasteiger partial charge in [-0.25, -0.2) is 0 Å². The van der Waals surface area contributed by atoms with E-state index in [0.29, 0.717) is 14.8 Å². The number of phenols is 1. The van der Waals surface area contributed by atoms with Crippen molar-refractivity contribution in [2.75, 3.05) is 20.1 Å². The zero-order chi connectivity index (χ0) is 21.7. The highest BCUT2D eigenvalue weighted by Crippen LogP contribution is 2.32. The number of hydrogen-bond acceptors (Lipinski definition) is 6. The van der Waals surface area contributed by atoms with Gasteiger partial charge in [0.05, 0.1) is 17.6 Å². The number of aliphatic hydroxyl groups is 1. The highest BCUT2D eigenvalue weighted by molar-refractivity contribution is 8.26. The van der Waals surface area contributed by atoms with Gasteiger partial charge in [0.15, 0.2) is 0 Å².